The average molecular weight is 436 g/mol. The van der Waals surface area contributed by atoms with Crippen LogP contribution in [0.15, 0.2) is 45.6 Å². The highest BCUT2D eigenvalue weighted by atomic mass is 16.5. The van der Waals surface area contributed by atoms with Gasteiger partial charge in [-0.2, -0.15) is 0 Å². The third-order valence-corrected chi connectivity index (χ3v) is 5.62. The number of carbonyl (C=O) groups is 2. The molecule has 2 heterocycles. The van der Waals surface area contributed by atoms with Gasteiger partial charge in [0.25, 0.3) is 5.91 Å². The minimum Gasteiger partial charge on any atom is -0.507 e. The number of nitrogens with one attached hydrogen (secondary N) is 1. The third kappa shape index (κ3) is 4.28. The van der Waals surface area contributed by atoms with Crippen LogP contribution in [0, 0.1) is 6.92 Å². The van der Waals surface area contributed by atoms with Crippen LogP contribution >= 0.6 is 0 Å². The molecule has 0 radical (unpaired) electrons. The van der Waals surface area contributed by atoms with Gasteiger partial charge in [-0.3, -0.25) is 19.3 Å². The molecule has 0 aliphatic carbocycles. The molecule has 0 spiro atoms. The normalized spacial score (nSPS) is 14.4. The number of hydrogen-bond donors (Lipinski definition) is 2. The maximum absolute atomic E-state index is 13.1. The van der Waals surface area contributed by atoms with E-state index in [0.717, 1.165) is 32.8 Å². The van der Waals surface area contributed by atoms with Crippen LogP contribution in [0.25, 0.3) is 22.1 Å². The average Bonchev–Trinajstić information content (AvgIpc) is 2.80. The maximum Gasteiger partial charge on any atom is 0.251 e. The van der Waals surface area contributed by atoms with Crippen LogP contribution in [0.5, 0.6) is 5.75 Å². The summed E-state index contributed by atoms with van der Waals surface area (Å²) >= 11 is 0. The van der Waals surface area contributed by atoms with Crippen molar-refractivity contribution in [2.75, 3.05) is 39.4 Å². The first-order valence-electron chi connectivity index (χ1n) is 10.4. The SMILES string of the molecule is Cc1oc2c(C=O)c(O)ccc2c(=O)c1-c1ccc(C(=O)NCCN2CCOCC2)cc1. The van der Waals surface area contributed by atoms with Gasteiger partial charge >= 0.3 is 0 Å². The quantitative estimate of drug-likeness (QED) is 0.571. The van der Waals surface area contributed by atoms with E-state index in [1.54, 1.807) is 31.2 Å². The lowest BCUT2D eigenvalue weighted by atomic mass is 10.00. The summed E-state index contributed by atoms with van der Waals surface area (Å²) in [6, 6.07) is 9.45. The number of aldehydes is 1. The highest BCUT2D eigenvalue weighted by Crippen LogP contribution is 2.29. The lowest BCUT2D eigenvalue weighted by molar-refractivity contribution is 0.0383. The van der Waals surface area contributed by atoms with Gasteiger partial charge in [-0.15, -0.1) is 0 Å². The Morgan fingerprint density at radius 1 is 1.16 bits per heavy atom. The molecule has 1 aliphatic heterocycles. The minimum atomic E-state index is -0.311. The van der Waals surface area contributed by atoms with E-state index in [1.165, 1.54) is 12.1 Å². The number of carbonyl (C=O) groups excluding carboxylic acids is 2. The van der Waals surface area contributed by atoms with E-state index in [2.05, 4.69) is 10.2 Å². The zero-order chi connectivity index (χ0) is 22.7. The van der Waals surface area contributed by atoms with Gasteiger partial charge in [0, 0.05) is 31.7 Å². The van der Waals surface area contributed by atoms with E-state index >= 15 is 0 Å². The number of benzene rings is 2. The van der Waals surface area contributed by atoms with Crippen molar-refractivity contribution in [2.24, 2.45) is 0 Å². The molecule has 8 heteroatoms. The van der Waals surface area contributed by atoms with Crippen LogP contribution in [-0.4, -0.2) is 61.6 Å². The highest BCUT2D eigenvalue weighted by molar-refractivity contribution is 5.98. The zero-order valence-electron chi connectivity index (χ0n) is 17.7. The molecule has 32 heavy (non-hydrogen) atoms. The van der Waals surface area contributed by atoms with Crippen molar-refractivity contribution in [3.63, 3.8) is 0 Å². The molecule has 0 bridgehead atoms. The molecule has 1 aliphatic rings. The molecular weight excluding hydrogens is 412 g/mol. The van der Waals surface area contributed by atoms with Crippen LogP contribution in [0.4, 0.5) is 0 Å². The highest BCUT2D eigenvalue weighted by Gasteiger charge is 2.18. The summed E-state index contributed by atoms with van der Waals surface area (Å²) in [4.78, 5) is 39.1. The third-order valence-electron chi connectivity index (χ3n) is 5.62. The number of fused-ring (bicyclic) bond motifs is 1. The number of aryl methyl sites for hydroxylation is 1. The van der Waals surface area contributed by atoms with Crippen LogP contribution in [-0.2, 0) is 4.74 Å². The lowest BCUT2D eigenvalue weighted by Crippen LogP contribution is -2.41. The molecule has 2 N–H and O–H groups in total. The Labute approximate surface area is 184 Å². The summed E-state index contributed by atoms with van der Waals surface area (Å²) in [7, 11) is 0. The fourth-order valence-corrected chi connectivity index (χ4v) is 3.87. The van der Waals surface area contributed by atoms with Gasteiger partial charge in [-0.05, 0) is 36.8 Å². The van der Waals surface area contributed by atoms with E-state index in [9.17, 15) is 19.5 Å². The number of amides is 1. The molecule has 166 valence electrons. The Morgan fingerprint density at radius 2 is 1.88 bits per heavy atom. The molecule has 1 amide bonds. The smallest absolute Gasteiger partial charge is 0.251 e. The number of morpholine rings is 1. The second-order valence-electron chi connectivity index (χ2n) is 7.64. The van der Waals surface area contributed by atoms with Crippen LogP contribution in [0.3, 0.4) is 0 Å². The first kappa shape index (κ1) is 21.7. The molecule has 2 aromatic carbocycles. The van der Waals surface area contributed by atoms with Crippen molar-refractivity contribution in [2.45, 2.75) is 6.92 Å². The predicted octanol–water partition coefficient (Wildman–Crippen LogP) is 2.35. The summed E-state index contributed by atoms with van der Waals surface area (Å²) < 4.78 is 11.1. The fourth-order valence-electron chi connectivity index (χ4n) is 3.87. The number of aromatic hydroxyl groups is 1. The Morgan fingerprint density at radius 3 is 2.56 bits per heavy atom. The summed E-state index contributed by atoms with van der Waals surface area (Å²) in [6.45, 7) is 6.10. The second kappa shape index (κ2) is 9.33. The Balaban J connectivity index is 1.53. The van der Waals surface area contributed by atoms with E-state index in [-0.39, 0.29) is 33.6 Å². The Hall–Kier alpha value is -3.49. The number of phenolic OH excluding ortho intramolecular Hbond substituents is 1. The number of rotatable bonds is 6. The summed E-state index contributed by atoms with van der Waals surface area (Å²) in [5.74, 6) is -0.108. The molecule has 1 fully saturated rings. The number of nitrogens with zero attached hydrogens (tertiary/aromatic N) is 1. The monoisotopic (exact) mass is 436 g/mol. The van der Waals surface area contributed by atoms with Crippen molar-refractivity contribution in [1.82, 2.24) is 10.2 Å². The first-order valence-corrected chi connectivity index (χ1v) is 10.4. The van der Waals surface area contributed by atoms with E-state index in [4.69, 9.17) is 9.15 Å². The van der Waals surface area contributed by atoms with Gasteiger partial charge < -0.3 is 19.6 Å². The van der Waals surface area contributed by atoms with Crippen molar-refractivity contribution in [3.05, 3.63) is 63.5 Å². The van der Waals surface area contributed by atoms with Gasteiger partial charge in [0.05, 0.1) is 29.7 Å². The molecule has 4 rings (SSSR count). The molecule has 0 atom stereocenters. The standard InChI is InChI=1S/C24H24N2O6/c1-15-21(22(29)18-6-7-20(28)19(14-27)23(18)32-15)16-2-4-17(5-3-16)24(30)25-8-9-26-10-12-31-13-11-26/h2-7,14,28H,8-13H2,1H3,(H,25,30). The van der Waals surface area contributed by atoms with Gasteiger partial charge in [-0.1, -0.05) is 12.1 Å². The van der Waals surface area contributed by atoms with Crippen LogP contribution in [0.1, 0.15) is 26.5 Å². The summed E-state index contributed by atoms with van der Waals surface area (Å²) in [6.07, 6.45) is 0.464. The molecule has 1 aromatic heterocycles. The fraction of sp³-hybridized carbons (Fsp3) is 0.292. The summed E-state index contributed by atoms with van der Waals surface area (Å²) in [5, 5.41) is 13.0. The molecule has 3 aromatic rings. The number of hydrogen-bond acceptors (Lipinski definition) is 7. The van der Waals surface area contributed by atoms with Crippen LogP contribution < -0.4 is 10.7 Å². The van der Waals surface area contributed by atoms with Gasteiger partial charge in [-0.25, -0.2) is 0 Å². The molecular formula is C24H24N2O6. The number of phenols is 1. The van der Waals surface area contributed by atoms with Crippen molar-refractivity contribution in [3.8, 4) is 16.9 Å². The van der Waals surface area contributed by atoms with Gasteiger partial charge in [0.1, 0.15) is 11.5 Å². The Kier molecular flexibility index (Phi) is 6.34. The van der Waals surface area contributed by atoms with Crippen molar-refractivity contribution < 1.29 is 23.8 Å². The first-order chi connectivity index (χ1) is 15.5. The lowest BCUT2D eigenvalue weighted by Gasteiger charge is -2.26. The molecule has 0 saturated carbocycles. The predicted molar refractivity (Wildman–Crippen MR) is 119 cm³/mol. The van der Waals surface area contributed by atoms with Gasteiger partial charge in [0.2, 0.25) is 5.43 Å². The topological polar surface area (TPSA) is 109 Å². The van der Waals surface area contributed by atoms with E-state index in [0.29, 0.717) is 35.3 Å². The Bertz CT molecular complexity index is 1210. The second-order valence-corrected chi connectivity index (χ2v) is 7.64. The molecule has 1 saturated heterocycles. The number of ether oxygens (including phenoxy) is 1. The minimum absolute atomic E-state index is 0.0571. The van der Waals surface area contributed by atoms with E-state index < -0.39 is 0 Å². The largest absolute Gasteiger partial charge is 0.507 e. The molecule has 8 nitrogen and oxygen atoms in total. The van der Waals surface area contributed by atoms with Crippen molar-refractivity contribution >= 4 is 23.2 Å². The molecule has 0 unspecified atom stereocenters. The zero-order valence-corrected chi connectivity index (χ0v) is 17.7. The van der Waals surface area contributed by atoms with E-state index in [1.807, 2.05) is 0 Å². The van der Waals surface area contributed by atoms with Crippen LogP contribution in [0.2, 0.25) is 0 Å². The van der Waals surface area contributed by atoms with Crippen molar-refractivity contribution in [1.29, 1.82) is 0 Å². The van der Waals surface area contributed by atoms with Gasteiger partial charge in [0.15, 0.2) is 11.9 Å². The maximum atomic E-state index is 13.1. The summed E-state index contributed by atoms with van der Waals surface area (Å²) in [5.41, 5.74) is 1.13.